The van der Waals surface area contributed by atoms with Crippen LogP contribution >= 0.6 is 0 Å². The lowest BCUT2D eigenvalue weighted by atomic mass is 10.0. The van der Waals surface area contributed by atoms with Gasteiger partial charge in [-0.25, -0.2) is 4.98 Å². The van der Waals surface area contributed by atoms with Crippen LogP contribution < -0.4 is 5.32 Å². The number of carbonyl (C=O) groups excluding carboxylic acids is 1. The Morgan fingerprint density at radius 2 is 1.92 bits per heavy atom. The summed E-state index contributed by atoms with van der Waals surface area (Å²) >= 11 is 0. The monoisotopic (exact) mass is 345 g/mol. The summed E-state index contributed by atoms with van der Waals surface area (Å²) in [6, 6.07) is 15.8. The molecule has 2 aromatic carbocycles. The van der Waals surface area contributed by atoms with E-state index < -0.39 is 0 Å². The second kappa shape index (κ2) is 7.83. The smallest absolute Gasteiger partial charge is 0.244 e. The second-order valence-electron chi connectivity index (χ2n) is 6.44. The molecule has 0 saturated heterocycles. The van der Waals surface area contributed by atoms with Gasteiger partial charge in [0.15, 0.2) is 0 Å². The molecule has 1 aromatic heterocycles. The minimum Gasteiger partial charge on any atom is -0.339 e. The molecular formula is C22H23N3O. The third-order valence-electron chi connectivity index (χ3n) is 4.38. The quantitative estimate of drug-likeness (QED) is 0.712. The summed E-state index contributed by atoms with van der Waals surface area (Å²) in [7, 11) is 1.93. The highest BCUT2D eigenvalue weighted by molar-refractivity contribution is 5.92. The van der Waals surface area contributed by atoms with E-state index in [9.17, 15) is 4.79 Å². The summed E-state index contributed by atoms with van der Waals surface area (Å²) in [6.07, 6.45) is 7.05. The molecule has 3 rings (SSSR count). The van der Waals surface area contributed by atoms with E-state index in [2.05, 4.69) is 23.3 Å². The fourth-order valence-electron chi connectivity index (χ4n) is 2.97. The first kappa shape index (κ1) is 17.7. The lowest BCUT2D eigenvalue weighted by Crippen LogP contribution is -2.29. The van der Waals surface area contributed by atoms with Crippen LogP contribution in [-0.4, -0.2) is 15.5 Å². The Kier molecular flexibility index (Phi) is 5.32. The topological polar surface area (TPSA) is 46.9 Å². The van der Waals surface area contributed by atoms with E-state index >= 15 is 0 Å². The molecule has 0 fully saturated rings. The van der Waals surface area contributed by atoms with Gasteiger partial charge in [0, 0.05) is 25.5 Å². The fraction of sp³-hybridized carbons (Fsp3) is 0.182. The highest BCUT2D eigenvalue weighted by Crippen LogP contribution is 2.20. The lowest BCUT2D eigenvalue weighted by Gasteiger charge is -2.18. The Hall–Kier alpha value is -3.14. The van der Waals surface area contributed by atoms with Crippen molar-refractivity contribution in [3.05, 3.63) is 95.1 Å². The number of nitrogens with zero attached hydrogens (tertiary/aromatic N) is 2. The number of benzene rings is 2. The number of amides is 1. The molecule has 3 aromatic rings. The minimum atomic E-state index is -0.299. The van der Waals surface area contributed by atoms with Crippen molar-refractivity contribution in [3.63, 3.8) is 0 Å². The average Bonchev–Trinajstić information content (AvgIpc) is 3.05. The van der Waals surface area contributed by atoms with Gasteiger partial charge in [-0.05, 0) is 36.6 Å². The number of imidazole rings is 1. The average molecular weight is 345 g/mol. The predicted octanol–water partition coefficient (Wildman–Crippen LogP) is 3.96. The number of rotatable bonds is 5. The molecule has 0 bridgehead atoms. The van der Waals surface area contributed by atoms with Crippen molar-refractivity contribution in [2.75, 3.05) is 0 Å². The first-order valence-electron chi connectivity index (χ1n) is 8.62. The zero-order chi connectivity index (χ0) is 18.5. The molecule has 4 heteroatoms. The van der Waals surface area contributed by atoms with Crippen LogP contribution in [0.2, 0.25) is 0 Å². The van der Waals surface area contributed by atoms with Crippen LogP contribution in [0.1, 0.15) is 34.1 Å². The SMILES string of the molecule is Cc1ccc(/C=C/C(=O)NC(c2ccccc2)c2nccn2C)c(C)c1. The molecule has 132 valence electrons. The second-order valence-corrected chi connectivity index (χ2v) is 6.44. The van der Waals surface area contributed by atoms with Crippen LogP contribution in [0.5, 0.6) is 0 Å². The molecule has 1 N–H and O–H groups in total. The first-order chi connectivity index (χ1) is 12.5. The first-order valence-corrected chi connectivity index (χ1v) is 8.62. The lowest BCUT2D eigenvalue weighted by molar-refractivity contribution is -0.117. The highest BCUT2D eigenvalue weighted by atomic mass is 16.1. The van der Waals surface area contributed by atoms with E-state index in [0.29, 0.717) is 0 Å². The number of aryl methyl sites for hydroxylation is 3. The summed E-state index contributed by atoms with van der Waals surface area (Å²) in [5, 5.41) is 3.07. The van der Waals surface area contributed by atoms with Crippen molar-refractivity contribution >= 4 is 12.0 Å². The van der Waals surface area contributed by atoms with E-state index in [1.165, 1.54) is 5.56 Å². The molecule has 0 aliphatic rings. The maximum atomic E-state index is 12.5. The molecular weight excluding hydrogens is 322 g/mol. The number of hydrogen-bond acceptors (Lipinski definition) is 2. The van der Waals surface area contributed by atoms with Gasteiger partial charge in [-0.15, -0.1) is 0 Å². The molecule has 26 heavy (non-hydrogen) atoms. The van der Waals surface area contributed by atoms with Gasteiger partial charge in [0.1, 0.15) is 11.9 Å². The molecule has 0 saturated carbocycles. The summed E-state index contributed by atoms with van der Waals surface area (Å²) < 4.78 is 1.92. The number of hydrogen-bond donors (Lipinski definition) is 1. The normalized spacial score (nSPS) is 12.3. The Bertz CT molecular complexity index is 926. The van der Waals surface area contributed by atoms with Crippen LogP contribution in [0.25, 0.3) is 6.08 Å². The zero-order valence-corrected chi connectivity index (χ0v) is 15.3. The highest BCUT2D eigenvalue weighted by Gasteiger charge is 2.19. The molecule has 1 amide bonds. The fourth-order valence-corrected chi connectivity index (χ4v) is 2.97. The Balaban J connectivity index is 1.82. The van der Waals surface area contributed by atoms with Crippen LogP contribution in [0.3, 0.4) is 0 Å². The standard InChI is InChI=1S/C22H23N3O/c1-16-9-10-18(17(2)15-16)11-12-20(26)24-21(19-7-5-4-6-8-19)22-23-13-14-25(22)3/h4-15,21H,1-3H3,(H,24,26)/b12-11+. The van der Waals surface area contributed by atoms with Gasteiger partial charge < -0.3 is 9.88 Å². The van der Waals surface area contributed by atoms with Crippen LogP contribution in [0, 0.1) is 13.8 Å². The minimum absolute atomic E-state index is 0.151. The number of nitrogens with one attached hydrogen (secondary N) is 1. The van der Waals surface area contributed by atoms with E-state index in [1.54, 1.807) is 12.3 Å². The van der Waals surface area contributed by atoms with Gasteiger partial charge >= 0.3 is 0 Å². The molecule has 0 aliphatic carbocycles. The van der Waals surface area contributed by atoms with Crippen molar-refractivity contribution < 1.29 is 4.79 Å². The molecule has 0 spiro atoms. The Morgan fingerprint density at radius 3 is 2.58 bits per heavy atom. The van der Waals surface area contributed by atoms with Crippen LogP contribution in [0.4, 0.5) is 0 Å². The summed E-state index contributed by atoms with van der Waals surface area (Å²) in [4.78, 5) is 17.0. The summed E-state index contributed by atoms with van der Waals surface area (Å²) in [5.74, 6) is 0.645. The van der Waals surface area contributed by atoms with E-state index in [-0.39, 0.29) is 11.9 Å². The molecule has 4 nitrogen and oxygen atoms in total. The van der Waals surface area contributed by atoms with Gasteiger partial charge in [0.25, 0.3) is 0 Å². The van der Waals surface area contributed by atoms with E-state index in [1.807, 2.05) is 73.3 Å². The maximum Gasteiger partial charge on any atom is 0.244 e. The van der Waals surface area contributed by atoms with E-state index in [0.717, 1.165) is 22.5 Å². The van der Waals surface area contributed by atoms with Gasteiger partial charge in [0.05, 0.1) is 0 Å². The van der Waals surface area contributed by atoms with E-state index in [4.69, 9.17) is 0 Å². The molecule has 1 atom stereocenters. The summed E-state index contributed by atoms with van der Waals surface area (Å²) in [6.45, 7) is 4.11. The van der Waals surface area contributed by atoms with Crippen LogP contribution in [0.15, 0.2) is 67.0 Å². The van der Waals surface area contributed by atoms with Gasteiger partial charge in [0.2, 0.25) is 5.91 Å². The van der Waals surface area contributed by atoms with Crippen molar-refractivity contribution in [1.29, 1.82) is 0 Å². The van der Waals surface area contributed by atoms with Gasteiger partial charge in [-0.1, -0.05) is 54.1 Å². The Labute approximate surface area is 154 Å². The summed E-state index contributed by atoms with van der Waals surface area (Å²) in [5.41, 5.74) is 4.40. The molecule has 1 heterocycles. The van der Waals surface area contributed by atoms with Crippen molar-refractivity contribution in [3.8, 4) is 0 Å². The van der Waals surface area contributed by atoms with Gasteiger partial charge in [-0.3, -0.25) is 4.79 Å². The molecule has 0 radical (unpaired) electrons. The van der Waals surface area contributed by atoms with Crippen molar-refractivity contribution in [1.82, 2.24) is 14.9 Å². The third-order valence-corrected chi connectivity index (χ3v) is 4.38. The zero-order valence-electron chi connectivity index (χ0n) is 15.3. The van der Waals surface area contributed by atoms with Gasteiger partial charge in [-0.2, -0.15) is 0 Å². The molecule has 0 aliphatic heterocycles. The largest absolute Gasteiger partial charge is 0.339 e. The van der Waals surface area contributed by atoms with Crippen LogP contribution in [-0.2, 0) is 11.8 Å². The number of aromatic nitrogens is 2. The maximum absolute atomic E-state index is 12.5. The predicted molar refractivity (Wildman–Crippen MR) is 105 cm³/mol. The number of carbonyl (C=O) groups is 1. The van der Waals surface area contributed by atoms with Crippen molar-refractivity contribution in [2.45, 2.75) is 19.9 Å². The Morgan fingerprint density at radius 1 is 1.15 bits per heavy atom. The van der Waals surface area contributed by atoms with Crippen molar-refractivity contribution in [2.24, 2.45) is 7.05 Å². The molecule has 1 unspecified atom stereocenters. The third kappa shape index (κ3) is 4.09.